The molecule has 0 unspecified atom stereocenters. The number of alkyl halides is 3. The normalized spacial score (nSPS) is 24.7. The number of thiophene rings is 1. The van der Waals surface area contributed by atoms with Crippen LogP contribution in [0.15, 0.2) is 52.4 Å². The summed E-state index contributed by atoms with van der Waals surface area (Å²) in [7, 11) is 0. The van der Waals surface area contributed by atoms with Gasteiger partial charge in [-0.1, -0.05) is 35.9 Å². The van der Waals surface area contributed by atoms with E-state index in [0.29, 0.717) is 0 Å². The van der Waals surface area contributed by atoms with Gasteiger partial charge in [0.25, 0.3) is 0 Å². The van der Waals surface area contributed by atoms with Gasteiger partial charge in [-0.15, -0.1) is 23.1 Å². The highest BCUT2D eigenvalue weighted by atomic mass is 35.5. The Labute approximate surface area is 178 Å². The lowest BCUT2D eigenvalue weighted by Gasteiger charge is -2.45. The molecule has 1 aromatic heterocycles. The quantitative estimate of drug-likeness (QED) is 0.635. The van der Waals surface area contributed by atoms with Crippen molar-refractivity contribution in [1.29, 1.82) is 5.26 Å². The van der Waals surface area contributed by atoms with Gasteiger partial charge in [-0.05, 0) is 29.3 Å². The molecular weight excluding hydrogens is 445 g/mol. The largest absolute Gasteiger partial charge is 0.437 e. The number of benzene rings is 1. The van der Waals surface area contributed by atoms with Crippen molar-refractivity contribution >= 4 is 40.5 Å². The molecule has 3 rings (SSSR count). The van der Waals surface area contributed by atoms with E-state index < -0.39 is 29.5 Å². The zero-order valence-electron chi connectivity index (χ0n) is 14.8. The number of ketones is 1. The molecule has 29 heavy (non-hydrogen) atoms. The number of rotatable bonds is 4. The van der Waals surface area contributed by atoms with Crippen molar-refractivity contribution in [2.45, 2.75) is 17.8 Å². The molecule has 4 nitrogen and oxygen atoms in total. The Kier molecular flexibility index (Phi) is 6.01. The molecule has 1 aromatic carbocycles. The molecule has 0 amide bonds. The van der Waals surface area contributed by atoms with E-state index in [1.807, 2.05) is 11.4 Å². The summed E-state index contributed by atoms with van der Waals surface area (Å²) >= 11 is 8.05. The van der Waals surface area contributed by atoms with Crippen LogP contribution in [0.25, 0.3) is 0 Å². The van der Waals surface area contributed by atoms with Gasteiger partial charge >= 0.3 is 6.18 Å². The van der Waals surface area contributed by atoms with E-state index in [1.54, 1.807) is 17.5 Å². The third-order valence-corrected chi connectivity index (χ3v) is 6.65. The van der Waals surface area contributed by atoms with Crippen molar-refractivity contribution in [1.82, 2.24) is 5.32 Å². The molecule has 2 aromatic rings. The lowest BCUT2D eigenvalue weighted by Crippen LogP contribution is -2.66. The molecule has 0 radical (unpaired) electrons. The highest BCUT2D eigenvalue weighted by molar-refractivity contribution is 8.02. The molecule has 1 aliphatic heterocycles. The minimum absolute atomic E-state index is 0.0430. The molecule has 0 spiro atoms. The van der Waals surface area contributed by atoms with Crippen LogP contribution in [0.3, 0.4) is 0 Å². The second kappa shape index (κ2) is 8.03. The van der Waals surface area contributed by atoms with Gasteiger partial charge in [-0.25, -0.2) is 0 Å². The summed E-state index contributed by atoms with van der Waals surface area (Å²) in [5.41, 5.74) is -3.51. The van der Waals surface area contributed by atoms with Crippen molar-refractivity contribution in [3.05, 3.63) is 67.8 Å². The molecule has 0 fully saturated rings. The van der Waals surface area contributed by atoms with E-state index in [-0.39, 0.29) is 26.1 Å². The molecule has 0 saturated heterocycles. The fourth-order valence-corrected chi connectivity index (χ4v) is 4.98. The number of carbonyl (C=O) groups excluding carboxylic acids is 1. The number of carbonyl (C=O) groups is 1. The van der Waals surface area contributed by atoms with Crippen molar-refractivity contribution in [2.24, 2.45) is 5.92 Å². The number of hydrogen-bond acceptors (Lipinski definition) is 6. The van der Waals surface area contributed by atoms with E-state index in [4.69, 9.17) is 11.6 Å². The zero-order chi connectivity index (χ0) is 21.4. The average molecular weight is 459 g/mol. The fourth-order valence-electron chi connectivity index (χ4n) is 3.37. The second-order valence-corrected chi connectivity index (χ2v) is 8.44. The minimum atomic E-state index is -5.20. The van der Waals surface area contributed by atoms with Crippen molar-refractivity contribution in [3.8, 4) is 6.07 Å². The highest BCUT2D eigenvalue weighted by Crippen LogP contribution is 2.52. The SMILES string of the molecule is CSC1=C(C#N)[C@H](c2ccccc2Cl)[C@@H](C(=O)c2cccs2)[C@@](O)(C(F)(F)F)N1. The monoisotopic (exact) mass is 458 g/mol. The van der Waals surface area contributed by atoms with Gasteiger partial charge in [0.15, 0.2) is 5.78 Å². The zero-order valence-corrected chi connectivity index (χ0v) is 17.2. The topological polar surface area (TPSA) is 73.1 Å². The van der Waals surface area contributed by atoms with Crippen molar-refractivity contribution < 1.29 is 23.1 Å². The molecule has 3 atom stereocenters. The van der Waals surface area contributed by atoms with E-state index in [0.717, 1.165) is 23.1 Å². The number of aliphatic hydroxyl groups is 1. The molecule has 10 heteroatoms. The Bertz CT molecular complexity index is 1000. The molecule has 1 aliphatic rings. The lowest BCUT2D eigenvalue weighted by molar-refractivity contribution is -0.285. The average Bonchev–Trinajstić information content (AvgIpc) is 3.21. The van der Waals surface area contributed by atoms with Crippen LogP contribution in [0.4, 0.5) is 13.2 Å². The van der Waals surface area contributed by atoms with E-state index in [9.17, 15) is 28.3 Å². The summed E-state index contributed by atoms with van der Waals surface area (Å²) in [6.07, 6.45) is -3.73. The number of thioether (sulfide) groups is 1. The number of halogens is 4. The Hall–Kier alpha value is -1.99. The van der Waals surface area contributed by atoms with E-state index >= 15 is 0 Å². The molecule has 2 N–H and O–H groups in total. The molecule has 2 heterocycles. The summed E-state index contributed by atoms with van der Waals surface area (Å²) < 4.78 is 42.3. The van der Waals surface area contributed by atoms with Crippen LogP contribution in [0.1, 0.15) is 21.2 Å². The van der Waals surface area contributed by atoms with Crippen LogP contribution in [-0.2, 0) is 0 Å². The Balaban J connectivity index is 2.35. The van der Waals surface area contributed by atoms with Crippen molar-refractivity contribution in [2.75, 3.05) is 6.26 Å². The summed E-state index contributed by atoms with van der Waals surface area (Å²) in [6.45, 7) is 0. The molecule has 0 bridgehead atoms. The number of Topliss-reactive ketones (excluding diaryl/α,β-unsaturated/α-hetero) is 1. The maximum atomic E-state index is 14.1. The third kappa shape index (κ3) is 3.66. The van der Waals surface area contributed by atoms with Gasteiger partial charge in [0.2, 0.25) is 5.72 Å². The van der Waals surface area contributed by atoms with Gasteiger partial charge in [0.1, 0.15) is 0 Å². The van der Waals surface area contributed by atoms with Gasteiger partial charge in [-0.3, -0.25) is 4.79 Å². The summed E-state index contributed by atoms with van der Waals surface area (Å²) in [6, 6.07) is 10.9. The van der Waals surface area contributed by atoms with Crippen LogP contribution < -0.4 is 5.32 Å². The van der Waals surface area contributed by atoms with Crippen molar-refractivity contribution in [3.63, 3.8) is 0 Å². The second-order valence-electron chi connectivity index (χ2n) is 6.27. The first-order valence-electron chi connectivity index (χ1n) is 8.23. The summed E-state index contributed by atoms with van der Waals surface area (Å²) in [5, 5.41) is 24.1. The van der Waals surface area contributed by atoms with E-state index in [1.165, 1.54) is 30.5 Å². The van der Waals surface area contributed by atoms with Gasteiger partial charge < -0.3 is 10.4 Å². The predicted molar refractivity (Wildman–Crippen MR) is 107 cm³/mol. The Morgan fingerprint density at radius 3 is 2.55 bits per heavy atom. The van der Waals surface area contributed by atoms with E-state index in [2.05, 4.69) is 0 Å². The van der Waals surface area contributed by atoms with Crippen LogP contribution >= 0.6 is 34.7 Å². The summed E-state index contributed by atoms with van der Waals surface area (Å²) in [5.74, 6) is -4.37. The highest BCUT2D eigenvalue weighted by Gasteiger charge is 2.66. The van der Waals surface area contributed by atoms with Crippen LogP contribution in [0, 0.1) is 17.2 Å². The van der Waals surface area contributed by atoms with Gasteiger partial charge in [0.05, 0.1) is 27.5 Å². The smallest absolute Gasteiger partial charge is 0.363 e. The standard InChI is InChI=1S/C19H14ClF3N2O2S2/c1-28-17-11(9-24)14(10-5-2-3-6-12(10)20)15(16(26)13-7-4-8-29-13)18(27,25-17)19(21,22)23/h2-8,14-15,25,27H,1H3/t14-,15-,18+/m0/s1. The third-order valence-electron chi connectivity index (χ3n) is 4.69. The fraction of sp³-hybridized carbons (Fsp3) is 0.263. The molecule has 0 aliphatic carbocycles. The first-order valence-corrected chi connectivity index (χ1v) is 10.7. The first kappa shape index (κ1) is 21.7. The molecule has 0 saturated carbocycles. The van der Waals surface area contributed by atoms with Crippen LogP contribution in [0.2, 0.25) is 5.02 Å². The summed E-state index contributed by atoms with van der Waals surface area (Å²) in [4.78, 5) is 13.2. The van der Waals surface area contributed by atoms with Gasteiger partial charge in [-0.2, -0.15) is 18.4 Å². The lowest BCUT2D eigenvalue weighted by atomic mass is 9.70. The number of hydrogen-bond donors (Lipinski definition) is 2. The first-order chi connectivity index (χ1) is 13.7. The molecule has 152 valence electrons. The molecular formula is C19H14ClF3N2O2S2. The van der Waals surface area contributed by atoms with Crippen LogP contribution in [0.5, 0.6) is 0 Å². The maximum absolute atomic E-state index is 14.1. The minimum Gasteiger partial charge on any atom is -0.363 e. The maximum Gasteiger partial charge on any atom is 0.437 e. The number of nitriles is 1. The van der Waals surface area contributed by atoms with Crippen LogP contribution in [-0.4, -0.2) is 29.0 Å². The Morgan fingerprint density at radius 2 is 2.03 bits per heavy atom. The Morgan fingerprint density at radius 1 is 1.34 bits per heavy atom. The number of nitrogens with zero attached hydrogens (tertiary/aromatic N) is 1. The number of allylic oxidation sites excluding steroid dienone is 1. The van der Waals surface area contributed by atoms with Gasteiger partial charge in [0, 0.05) is 10.9 Å². The predicted octanol–water partition coefficient (Wildman–Crippen LogP) is 4.94. The number of nitrogens with one attached hydrogen (secondary N) is 1.